The van der Waals surface area contributed by atoms with Gasteiger partial charge in [-0.1, -0.05) is 48.5 Å². The molecule has 0 saturated heterocycles. The third-order valence-electron chi connectivity index (χ3n) is 4.67. The Hall–Kier alpha value is -3.80. The Morgan fingerprint density at radius 1 is 0.903 bits per heavy atom. The van der Waals surface area contributed by atoms with Gasteiger partial charge in [-0.15, -0.1) is 0 Å². The average Bonchev–Trinajstić information content (AvgIpc) is 2.81. The van der Waals surface area contributed by atoms with E-state index in [1.54, 1.807) is 49.6 Å². The van der Waals surface area contributed by atoms with E-state index in [0.29, 0.717) is 35.8 Å². The van der Waals surface area contributed by atoms with Crippen LogP contribution in [-0.4, -0.2) is 31.6 Å². The summed E-state index contributed by atoms with van der Waals surface area (Å²) >= 11 is 0. The number of carbonyl (C=O) groups is 2. The van der Waals surface area contributed by atoms with Gasteiger partial charge in [-0.25, -0.2) is 0 Å². The molecular formula is C25H26N2O4. The van der Waals surface area contributed by atoms with Crippen molar-refractivity contribution in [2.45, 2.75) is 19.4 Å². The molecule has 0 radical (unpaired) electrons. The molecule has 0 heterocycles. The molecule has 0 spiro atoms. The molecule has 3 aromatic rings. The third-order valence-corrected chi connectivity index (χ3v) is 4.67. The predicted octanol–water partition coefficient (Wildman–Crippen LogP) is 4.07. The number of rotatable bonds is 9. The van der Waals surface area contributed by atoms with Gasteiger partial charge in [0.2, 0.25) is 5.91 Å². The van der Waals surface area contributed by atoms with E-state index in [4.69, 9.17) is 9.47 Å². The molecule has 0 fully saturated rings. The molecule has 3 aromatic carbocycles. The summed E-state index contributed by atoms with van der Waals surface area (Å²) in [5.41, 5.74) is 1.99. The molecule has 0 aromatic heterocycles. The van der Waals surface area contributed by atoms with Crippen LogP contribution < -0.4 is 20.1 Å². The summed E-state index contributed by atoms with van der Waals surface area (Å²) in [5, 5.41) is 5.73. The fourth-order valence-corrected chi connectivity index (χ4v) is 3.14. The van der Waals surface area contributed by atoms with Crippen LogP contribution in [0, 0.1) is 0 Å². The van der Waals surface area contributed by atoms with Crippen molar-refractivity contribution >= 4 is 17.5 Å². The summed E-state index contributed by atoms with van der Waals surface area (Å²) in [4.78, 5) is 25.8. The minimum Gasteiger partial charge on any atom is -0.493 e. The summed E-state index contributed by atoms with van der Waals surface area (Å²) in [6.07, 6.45) is 0.361. The van der Waals surface area contributed by atoms with Crippen LogP contribution in [0.4, 0.5) is 5.69 Å². The fraction of sp³-hybridized carbons (Fsp3) is 0.200. The molecule has 3 rings (SSSR count). The molecule has 0 saturated carbocycles. The molecule has 31 heavy (non-hydrogen) atoms. The molecule has 6 nitrogen and oxygen atoms in total. The second-order valence-corrected chi connectivity index (χ2v) is 6.87. The van der Waals surface area contributed by atoms with Crippen LogP contribution in [0.5, 0.6) is 11.5 Å². The van der Waals surface area contributed by atoms with Crippen molar-refractivity contribution in [2.24, 2.45) is 0 Å². The Morgan fingerprint density at radius 2 is 1.58 bits per heavy atom. The Balaban J connectivity index is 1.79. The Kier molecular flexibility index (Phi) is 7.65. The lowest BCUT2D eigenvalue weighted by atomic mass is 10.0. The summed E-state index contributed by atoms with van der Waals surface area (Å²) < 4.78 is 10.9. The highest BCUT2D eigenvalue weighted by Gasteiger charge is 2.22. The van der Waals surface area contributed by atoms with Crippen LogP contribution in [0.3, 0.4) is 0 Å². The van der Waals surface area contributed by atoms with Crippen molar-refractivity contribution in [2.75, 3.05) is 19.0 Å². The van der Waals surface area contributed by atoms with Gasteiger partial charge >= 0.3 is 0 Å². The van der Waals surface area contributed by atoms with E-state index >= 15 is 0 Å². The quantitative estimate of drug-likeness (QED) is 0.549. The van der Waals surface area contributed by atoms with Crippen LogP contribution in [0.2, 0.25) is 0 Å². The largest absolute Gasteiger partial charge is 0.493 e. The monoisotopic (exact) mass is 418 g/mol. The zero-order valence-electron chi connectivity index (χ0n) is 17.6. The van der Waals surface area contributed by atoms with E-state index in [1.165, 1.54) is 0 Å². The van der Waals surface area contributed by atoms with Crippen LogP contribution >= 0.6 is 0 Å². The van der Waals surface area contributed by atoms with E-state index < -0.39 is 6.04 Å². The van der Waals surface area contributed by atoms with Crippen molar-refractivity contribution < 1.29 is 19.1 Å². The molecule has 160 valence electrons. The number of hydrogen-bond acceptors (Lipinski definition) is 4. The van der Waals surface area contributed by atoms with Gasteiger partial charge in [0, 0.05) is 23.7 Å². The highest BCUT2D eigenvalue weighted by molar-refractivity contribution is 6.01. The van der Waals surface area contributed by atoms with Crippen LogP contribution in [0.25, 0.3) is 0 Å². The first kappa shape index (κ1) is 21.9. The maximum absolute atomic E-state index is 13.1. The van der Waals surface area contributed by atoms with Gasteiger partial charge in [-0.2, -0.15) is 0 Å². The normalized spacial score (nSPS) is 11.3. The van der Waals surface area contributed by atoms with Crippen molar-refractivity contribution in [3.8, 4) is 11.5 Å². The number of ether oxygens (including phenoxy) is 2. The average molecular weight is 418 g/mol. The summed E-state index contributed by atoms with van der Waals surface area (Å²) in [6, 6.07) is 22.8. The Bertz CT molecular complexity index is 1010. The first-order valence-corrected chi connectivity index (χ1v) is 10.1. The van der Waals surface area contributed by atoms with E-state index in [1.807, 2.05) is 43.3 Å². The van der Waals surface area contributed by atoms with Crippen molar-refractivity contribution in [3.63, 3.8) is 0 Å². The zero-order chi connectivity index (χ0) is 22.1. The molecule has 1 atom stereocenters. The lowest BCUT2D eigenvalue weighted by molar-refractivity contribution is -0.118. The van der Waals surface area contributed by atoms with Gasteiger partial charge in [-0.05, 0) is 36.8 Å². The Morgan fingerprint density at radius 3 is 2.23 bits per heavy atom. The van der Waals surface area contributed by atoms with E-state index in [-0.39, 0.29) is 11.8 Å². The molecule has 2 N–H and O–H groups in total. The standard InChI is InChI=1S/C25H26N2O4/c1-3-31-22-15-14-20(17-23(22)30-2)26-25(29)21(16-18-10-6-4-7-11-18)27-24(28)19-12-8-5-9-13-19/h4-15,17,21H,3,16H2,1-2H3,(H,26,29)(H,27,28)/t21-/m0/s1. The number of carbonyl (C=O) groups excluding carboxylic acids is 2. The van der Waals surface area contributed by atoms with E-state index in [9.17, 15) is 9.59 Å². The number of anilines is 1. The molecule has 0 aliphatic carbocycles. The van der Waals surface area contributed by atoms with Crippen molar-refractivity contribution in [1.29, 1.82) is 0 Å². The SMILES string of the molecule is CCOc1ccc(NC(=O)[C@H](Cc2ccccc2)NC(=O)c2ccccc2)cc1OC. The van der Waals surface area contributed by atoms with Crippen LogP contribution in [-0.2, 0) is 11.2 Å². The van der Waals surface area contributed by atoms with Gasteiger partial charge in [0.15, 0.2) is 11.5 Å². The maximum atomic E-state index is 13.1. The minimum atomic E-state index is -0.757. The number of benzene rings is 3. The maximum Gasteiger partial charge on any atom is 0.251 e. The van der Waals surface area contributed by atoms with Gasteiger partial charge in [0.25, 0.3) is 5.91 Å². The van der Waals surface area contributed by atoms with Crippen molar-refractivity contribution in [3.05, 3.63) is 90.0 Å². The molecule has 0 aliphatic rings. The lowest BCUT2D eigenvalue weighted by Gasteiger charge is -2.19. The second-order valence-electron chi connectivity index (χ2n) is 6.87. The van der Waals surface area contributed by atoms with Crippen LogP contribution in [0.1, 0.15) is 22.8 Å². The number of hydrogen-bond donors (Lipinski definition) is 2. The molecule has 2 amide bonds. The second kappa shape index (κ2) is 10.8. The van der Waals surface area contributed by atoms with Crippen molar-refractivity contribution in [1.82, 2.24) is 5.32 Å². The molecule has 6 heteroatoms. The minimum absolute atomic E-state index is 0.305. The summed E-state index contributed by atoms with van der Waals surface area (Å²) in [7, 11) is 1.54. The van der Waals surface area contributed by atoms with Gasteiger partial charge < -0.3 is 20.1 Å². The summed E-state index contributed by atoms with van der Waals surface area (Å²) in [6.45, 7) is 2.39. The highest BCUT2D eigenvalue weighted by atomic mass is 16.5. The summed E-state index contributed by atoms with van der Waals surface area (Å²) in [5.74, 6) is 0.495. The topological polar surface area (TPSA) is 76.7 Å². The van der Waals surface area contributed by atoms with E-state index in [0.717, 1.165) is 5.56 Å². The number of nitrogens with one attached hydrogen (secondary N) is 2. The number of methoxy groups -OCH3 is 1. The van der Waals surface area contributed by atoms with Gasteiger partial charge in [-0.3, -0.25) is 9.59 Å². The molecule has 0 bridgehead atoms. The van der Waals surface area contributed by atoms with E-state index in [2.05, 4.69) is 10.6 Å². The first-order chi connectivity index (χ1) is 15.1. The van der Waals surface area contributed by atoms with Gasteiger partial charge in [0.1, 0.15) is 6.04 Å². The van der Waals surface area contributed by atoms with Crippen LogP contribution in [0.15, 0.2) is 78.9 Å². The first-order valence-electron chi connectivity index (χ1n) is 10.1. The highest BCUT2D eigenvalue weighted by Crippen LogP contribution is 2.30. The smallest absolute Gasteiger partial charge is 0.251 e. The fourth-order valence-electron chi connectivity index (χ4n) is 3.14. The van der Waals surface area contributed by atoms with Gasteiger partial charge in [0.05, 0.1) is 13.7 Å². The lowest BCUT2D eigenvalue weighted by Crippen LogP contribution is -2.45. The zero-order valence-corrected chi connectivity index (χ0v) is 17.6. The molecule has 0 aliphatic heterocycles. The predicted molar refractivity (Wildman–Crippen MR) is 121 cm³/mol. The molecule has 0 unspecified atom stereocenters. The molecular weight excluding hydrogens is 392 g/mol. The Labute approximate surface area is 182 Å². The third kappa shape index (κ3) is 6.09. The number of amides is 2.